The van der Waals surface area contributed by atoms with Crippen LogP contribution in [0.5, 0.6) is 0 Å². The van der Waals surface area contributed by atoms with Crippen LogP contribution in [-0.4, -0.2) is 26.7 Å². The zero-order chi connectivity index (χ0) is 11.3. The monoisotopic (exact) mass is 207 g/mol. The standard InChI is InChI=1S/C12H17NO2/c1-4-15-12(14)9-10-5-7-11(8-6-10)13(2)3/h5-8H,4,9H2,1-3H3. The molecule has 1 aromatic rings. The fourth-order valence-corrected chi connectivity index (χ4v) is 1.29. The van der Waals surface area contributed by atoms with Gasteiger partial charge in [-0.15, -0.1) is 0 Å². The van der Waals surface area contributed by atoms with Crippen LogP contribution in [0.1, 0.15) is 12.5 Å². The van der Waals surface area contributed by atoms with Gasteiger partial charge in [-0.05, 0) is 24.6 Å². The summed E-state index contributed by atoms with van der Waals surface area (Å²) in [5.74, 6) is -0.171. The third kappa shape index (κ3) is 3.62. The predicted octanol–water partition coefficient (Wildman–Crippen LogP) is 1.86. The first-order valence-corrected chi connectivity index (χ1v) is 5.05. The van der Waals surface area contributed by atoms with Gasteiger partial charge in [0, 0.05) is 19.8 Å². The molecular weight excluding hydrogens is 190 g/mol. The largest absolute Gasteiger partial charge is 0.466 e. The van der Waals surface area contributed by atoms with Crippen LogP contribution >= 0.6 is 0 Å². The lowest BCUT2D eigenvalue weighted by molar-refractivity contribution is -0.142. The predicted molar refractivity (Wildman–Crippen MR) is 61.1 cm³/mol. The van der Waals surface area contributed by atoms with Gasteiger partial charge in [0.05, 0.1) is 13.0 Å². The van der Waals surface area contributed by atoms with Crippen molar-refractivity contribution in [2.45, 2.75) is 13.3 Å². The van der Waals surface area contributed by atoms with Crippen molar-refractivity contribution in [2.24, 2.45) is 0 Å². The Hall–Kier alpha value is -1.51. The summed E-state index contributed by atoms with van der Waals surface area (Å²) in [6.07, 6.45) is 0.349. The van der Waals surface area contributed by atoms with Crippen molar-refractivity contribution < 1.29 is 9.53 Å². The summed E-state index contributed by atoms with van der Waals surface area (Å²) >= 11 is 0. The summed E-state index contributed by atoms with van der Waals surface area (Å²) in [5, 5.41) is 0. The number of esters is 1. The molecule has 0 fully saturated rings. The Balaban J connectivity index is 2.60. The Labute approximate surface area is 90.7 Å². The molecule has 82 valence electrons. The Morgan fingerprint density at radius 3 is 2.33 bits per heavy atom. The van der Waals surface area contributed by atoms with Gasteiger partial charge in [-0.1, -0.05) is 12.1 Å². The molecule has 0 aliphatic heterocycles. The molecule has 3 heteroatoms. The molecule has 0 amide bonds. The molecule has 3 nitrogen and oxygen atoms in total. The number of benzene rings is 1. The minimum atomic E-state index is -0.171. The molecule has 1 rings (SSSR count). The summed E-state index contributed by atoms with van der Waals surface area (Å²) in [4.78, 5) is 13.2. The van der Waals surface area contributed by atoms with E-state index in [4.69, 9.17) is 4.74 Å². The number of rotatable bonds is 4. The van der Waals surface area contributed by atoms with Gasteiger partial charge in [0.25, 0.3) is 0 Å². The van der Waals surface area contributed by atoms with Crippen LogP contribution in [0.25, 0.3) is 0 Å². The molecular formula is C12H17NO2. The van der Waals surface area contributed by atoms with E-state index >= 15 is 0 Å². The smallest absolute Gasteiger partial charge is 0.310 e. The molecule has 0 bridgehead atoms. The van der Waals surface area contributed by atoms with Gasteiger partial charge < -0.3 is 9.64 Å². The summed E-state index contributed by atoms with van der Waals surface area (Å²) in [6.45, 7) is 2.25. The maximum absolute atomic E-state index is 11.2. The first-order chi connectivity index (χ1) is 7.13. The van der Waals surface area contributed by atoms with Crippen molar-refractivity contribution in [1.82, 2.24) is 0 Å². The van der Waals surface area contributed by atoms with Crippen LogP contribution in [0, 0.1) is 0 Å². The highest BCUT2D eigenvalue weighted by Crippen LogP contribution is 2.12. The first-order valence-electron chi connectivity index (χ1n) is 5.05. The topological polar surface area (TPSA) is 29.5 Å². The van der Waals surface area contributed by atoms with Crippen LogP contribution in [0.3, 0.4) is 0 Å². The first kappa shape index (κ1) is 11.6. The van der Waals surface area contributed by atoms with Crippen molar-refractivity contribution in [1.29, 1.82) is 0 Å². The number of anilines is 1. The van der Waals surface area contributed by atoms with Crippen LogP contribution in [0.15, 0.2) is 24.3 Å². The van der Waals surface area contributed by atoms with Crippen molar-refractivity contribution >= 4 is 11.7 Å². The summed E-state index contributed by atoms with van der Waals surface area (Å²) < 4.78 is 4.87. The van der Waals surface area contributed by atoms with Crippen LogP contribution in [-0.2, 0) is 16.0 Å². The second-order valence-electron chi connectivity index (χ2n) is 3.54. The molecule has 0 radical (unpaired) electrons. The Morgan fingerprint density at radius 2 is 1.87 bits per heavy atom. The minimum Gasteiger partial charge on any atom is -0.466 e. The highest BCUT2D eigenvalue weighted by Gasteiger charge is 2.03. The number of ether oxygens (including phenoxy) is 1. The molecule has 0 aliphatic carbocycles. The van der Waals surface area contributed by atoms with Gasteiger partial charge in [0.2, 0.25) is 0 Å². The van der Waals surface area contributed by atoms with Gasteiger partial charge >= 0.3 is 5.97 Å². The maximum atomic E-state index is 11.2. The zero-order valence-corrected chi connectivity index (χ0v) is 9.49. The van der Waals surface area contributed by atoms with Gasteiger partial charge in [0.15, 0.2) is 0 Å². The molecule has 0 atom stereocenters. The number of carbonyl (C=O) groups excluding carboxylic acids is 1. The highest BCUT2D eigenvalue weighted by atomic mass is 16.5. The van der Waals surface area contributed by atoms with E-state index in [2.05, 4.69) is 0 Å². The molecule has 0 unspecified atom stereocenters. The third-order valence-electron chi connectivity index (χ3n) is 2.11. The van der Waals surface area contributed by atoms with E-state index in [9.17, 15) is 4.79 Å². The summed E-state index contributed by atoms with van der Waals surface area (Å²) in [7, 11) is 3.97. The van der Waals surface area contributed by atoms with E-state index in [1.165, 1.54) is 0 Å². The third-order valence-corrected chi connectivity index (χ3v) is 2.11. The molecule has 0 heterocycles. The van der Waals surface area contributed by atoms with E-state index in [1.54, 1.807) is 0 Å². The van der Waals surface area contributed by atoms with Crippen molar-refractivity contribution in [3.8, 4) is 0 Å². The molecule has 0 aliphatic rings. The van der Waals surface area contributed by atoms with Crippen molar-refractivity contribution in [2.75, 3.05) is 25.6 Å². The van der Waals surface area contributed by atoms with E-state index in [-0.39, 0.29) is 5.97 Å². The molecule has 0 N–H and O–H groups in total. The summed E-state index contributed by atoms with van der Waals surface area (Å²) in [6, 6.07) is 7.89. The Kier molecular flexibility index (Phi) is 4.16. The molecule has 0 aromatic heterocycles. The SMILES string of the molecule is CCOC(=O)Cc1ccc(N(C)C)cc1. The van der Waals surface area contributed by atoms with E-state index in [1.807, 2.05) is 50.2 Å². The van der Waals surface area contributed by atoms with Gasteiger partial charge in [-0.3, -0.25) is 4.79 Å². The van der Waals surface area contributed by atoms with Crippen LogP contribution < -0.4 is 4.90 Å². The van der Waals surface area contributed by atoms with Gasteiger partial charge in [-0.25, -0.2) is 0 Å². The second kappa shape index (κ2) is 5.39. The average molecular weight is 207 g/mol. The van der Waals surface area contributed by atoms with Crippen LogP contribution in [0.4, 0.5) is 5.69 Å². The highest BCUT2D eigenvalue weighted by molar-refractivity contribution is 5.72. The lowest BCUT2D eigenvalue weighted by Crippen LogP contribution is -2.09. The van der Waals surface area contributed by atoms with Crippen molar-refractivity contribution in [3.63, 3.8) is 0 Å². The summed E-state index contributed by atoms with van der Waals surface area (Å²) in [5.41, 5.74) is 2.11. The Morgan fingerprint density at radius 1 is 1.27 bits per heavy atom. The maximum Gasteiger partial charge on any atom is 0.310 e. The van der Waals surface area contributed by atoms with Gasteiger partial charge in [0.1, 0.15) is 0 Å². The average Bonchev–Trinajstić information content (AvgIpc) is 2.18. The normalized spacial score (nSPS) is 9.80. The second-order valence-corrected chi connectivity index (χ2v) is 3.54. The molecule has 0 saturated carbocycles. The fraction of sp³-hybridized carbons (Fsp3) is 0.417. The minimum absolute atomic E-state index is 0.171. The lowest BCUT2D eigenvalue weighted by atomic mass is 10.1. The fourth-order valence-electron chi connectivity index (χ4n) is 1.29. The number of nitrogens with zero attached hydrogens (tertiary/aromatic N) is 1. The van der Waals surface area contributed by atoms with E-state index < -0.39 is 0 Å². The zero-order valence-electron chi connectivity index (χ0n) is 9.49. The lowest BCUT2D eigenvalue weighted by Gasteiger charge is -2.12. The van der Waals surface area contributed by atoms with Crippen LogP contribution in [0.2, 0.25) is 0 Å². The molecule has 1 aromatic carbocycles. The van der Waals surface area contributed by atoms with E-state index in [0.717, 1.165) is 11.3 Å². The molecule has 0 saturated heterocycles. The Bertz CT molecular complexity index is 317. The molecule has 0 spiro atoms. The van der Waals surface area contributed by atoms with E-state index in [0.29, 0.717) is 13.0 Å². The number of hydrogen-bond donors (Lipinski definition) is 0. The van der Waals surface area contributed by atoms with Gasteiger partial charge in [-0.2, -0.15) is 0 Å². The number of hydrogen-bond acceptors (Lipinski definition) is 3. The van der Waals surface area contributed by atoms with Crippen molar-refractivity contribution in [3.05, 3.63) is 29.8 Å². The molecule has 15 heavy (non-hydrogen) atoms. The quantitative estimate of drug-likeness (QED) is 0.706. The number of carbonyl (C=O) groups is 1.